The zero-order valence-electron chi connectivity index (χ0n) is 15.7. The van der Waals surface area contributed by atoms with Crippen LogP contribution in [0.5, 0.6) is 0 Å². The molecule has 0 unspecified atom stereocenters. The van der Waals surface area contributed by atoms with Crippen LogP contribution in [-0.4, -0.2) is 55.7 Å². The Labute approximate surface area is 153 Å². The Morgan fingerprint density at radius 1 is 0.962 bits per heavy atom. The van der Waals surface area contributed by atoms with Crippen molar-refractivity contribution in [1.82, 2.24) is 15.5 Å². The Kier molecular flexibility index (Phi) is 7.58. The fourth-order valence-electron chi connectivity index (χ4n) is 3.62. The number of carbonyl (C=O) groups excluding carboxylic acids is 1. The Bertz CT molecular complexity index is 479. The summed E-state index contributed by atoms with van der Waals surface area (Å²) in [5.41, 5.74) is 0. The summed E-state index contributed by atoms with van der Waals surface area (Å²) in [6.07, 6.45) is 2.82. The van der Waals surface area contributed by atoms with Gasteiger partial charge in [0.1, 0.15) is 6.54 Å². The van der Waals surface area contributed by atoms with Crippen molar-refractivity contribution in [3.05, 3.63) is 0 Å². The lowest BCUT2D eigenvalue weighted by molar-refractivity contribution is -0.182. The first-order valence-electron chi connectivity index (χ1n) is 9.60. The summed E-state index contributed by atoms with van der Waals surface area (Å²) in [5.74, 6) is -0.736. The molecule has 0 bridgehead atoms. The normalized spacial score (nSPS) is 25.7. The van der Waals surface area contributed by atoms with Gasteiger partial charge in [-0.2, -0.15) is 13.2 Å². The van der Waals surface area contributed by atoms with E-state index >= 15 is 0 Å². The molecule has 0 aromatic rings. The number of carbonyl (C=O) groups is 1. The molecule has 0 aromatic carbocycles. The average molecular weight is 376 g/mol. The molecule has 150 valence electrons. The van der Waals surface area contributed by atoms with Crippen LogP contribution in [0, 0.1) is 5.92 Å². The Morgan fingerprint density at radius 2 is 1.50 bits per heavy atom. The van der Waals surface area contributed by atoms with Gasteiger partial charge in [0, 0.05) is 26.2 Å². The van der Waals surface area contributed by atoms with Gasteiger partial charge in [0.25, 0.3) is 0 Å². The van der Waals surface area contributed by atoms with Crippen LogP contribution in [0.2, 0.25) is 0 Å². The first kappa shape index (κ1) is 20.8. The zero-order valence-corrected chi connectivity index (χ0v) is 15.7. The highest BCUT2D eigenvalue weighted by Crippen LogP contribution is 2.37. The highest BCUT2D eigenvalue weighted by molar-refractivity contribution is 5.85. The van der Waals surface area contributed by atoms with Crippen molar-refractivity contribution >= 4 is 11.9 Å². The van der Waals surface area contributed by atoms with Gasteiger partial charge in [0.05, 0.1) is 5.92 Å². The average Bonchev–Trinajstić information content (AvgIpc) is 2.60. The molecule has 5 nitrogen and oxygen atoms in total. The van der Waals surface area contributed by atoms with Crippen LogP contribution in [0.3, 0.4) is 0 Å². The van der Waals surface area contributed by atoms with Gasteiger partial charge in [0.2, 0.25) is 5.91 Å². The molecule has 2 aliphatic carbocycles. The van der Waals surface area contributed by atoms with Crippen molar-refractivity contribution in [1.29, 1.82) is 0 Å². The van der Waals surface area contributed by atoms with Gasteiger partial charge in [-0.15, -0.1) is 0 Å². The smallest absolute Gasteiger partial charge is 0.354 e. The van der Waals surface area contributed by atoms with Crippen molar-refractivity contribution in [3.8, 4) is 0 Å². The molecule has 0 atom stereocenters. The zero-order chi connectivity index (χ0) is 19.2. The van der Waals surface area contributed by atoms with Gasteiger partial charge < -0.3 is 15.5 Å². The summed E-state index contributed by atoms with van der Waals surface area (Å²) in [5, 5.41) is 6.66. The van der Waals surface area contributed by atoms with Crippen LogP contribution in [0.4, 0.5) is 13.2 Å². The Balaban J connectivity index is 1.92. The standard InChI is InChI=1S/C18H31F3N4O/c1-25(2)16(26)12-22-17(23-14-6-4-3-5-7-14)24-15-10-8-13(9-11-15)18(19,20)21/h13-15H,3-12H2,1-2H3,(H2,22,23,24). The Morgan fingerprint density at radius 3 is 2.00 bits per heavy atom. The molecule has 8 heteroatoms. The molecule has 2 fully saturated rings. The van der Waals surface area contributed by atoms with Gasteiger partial charge in [-0.3, -0.25) is 4.79 Å². The van der Waals surface area contributed by atoms with Crippen LogP contribution in [0.25, 0.3) is 0 Å². The van der Waals surface area contributed by atoms with E-state index in [1.54, 1.807) is 14.1 Å². The van der Waals surface area contributed by atoms with E-state index in [1.165, 1.54) is 11.3 Å². The number of nitrogens with one attached hydrogen (secondary N) is 2. The second-order valence-electron chi connectivity index (χ2n) is 7.67. The monoisotopic (exact) mass is 376 g/mol. The van der Waals surface area contributed by atoms with Crippen LogP contribution >= 0.6 is 0 Å². The summed E-state index contributed by atoms with van der Waals surface area (Å²) in [7, 11) is 3.36. The Hall–Kier alpha value is -1.47. The number of hydrogen-bond donors (Lipinski definition) is 2. The number of guanidine groups is 1. The highest BCUT2D eigenvalue weighted by atomic mass is 19.4. The van der Waals surface area contributed by atoms with Gasteiger partial charge >= 0.3 is 6.18 Å². The molecule has 0 aliphatic heterocycles. The summed E-state index contributed by atoms with van der Waals surface area (Å²) in [6.45, 7) is 0.0347. The third-order valence-electron chi connectivity index (χ3n) is 5.35. The lowest BCUT2D eigenvalue weighted by atomic mass is 9.85. The molecule has 0 saturated heterocycles. The predicted octanol–water partition coefficient (Wildman–Crippen LogP) is 3.06. The van der Waals surface area contributed by atoms with Crippen molar-refractivity contribution in [2.24, 2.45) is 10.9 Å². The van der Waals surface area contributed by atoms with E-state index < -0.39 is 12.1 Å². The van der Waals surface area contributed by atoms with E-state index in [0.717, 1.165) is 25.7 Å². The summed E-state index contributed by atoms with van der Waals surface area (Å²) < 4.78 is 38.5. The quantitative estimate of drug-likeness (QED) is 0.586. The molecular formula is C18H31F3N4O. The number of alkyl halides is 3. The molecule has 1 amide bonds. The largest absolute Gasteiger partial charge is 0.391 e. The molecule has 0 heterocycles. The van der Waals surface area contributed by atoms with E-state index in [-0.39, 0.29) is 31.3 Å². The maximum atomic E-state index is 12.8. The number of amides is 1. The minimum Gasteiger partial charge on any atom is -0.354 e. The fraction of sp³-hybridized carbons (Fsp3) is 0.889. The number of rotatable bonds is 4. The SMILES string of the molecule is CN(C)C(=O)CN=C(NC1CCCCC1)NC1CCC(C(F)(F)F)CC1. The number of nitrogens with zero attached hydrogens (tertiary/aromatic N) is 2. The maximum absolute atomic E-state index is 12.8. The molecular weight excluding hydrogens is 345 g/mol. The van der Waals surface area contributed by atoms with Gasteiger partial charge in [-0.1, -0.05) is 19.3 Å². The first-order valence-corrected chi connectivity index (χ1v) is 9.60. The third kappa shape index (κ3) is 6.68. The summed E-state index contributed by atoms with van der Waals surface area (Å²) >= 11 is 0. The maximum Gasteiger partial charge on any atom is 0.391 e. The molecule has 0 radical (unpaired) electrons. The molecule has 2 N–H and O–H groups in total. The molecule has 0 spiro atoms. The minimum atomic E-state index is -4.10. The second kappa shape index (κ2) is 9.46. The van der Waals surface area contributed by atoms with Crippen LogP contribution in [0.15, 0.2) is 4.99 Å². The highest BCUT2D eigenvalue weighted by Gasteiger charge is 2.41. The first-order chi connectivity index (χ1) is 12.3. The van der Waals surface area contributed by atoms with Crippen LogP contribution in [0.1, 0.15) is 57.8 Å². The van der Waals surface area contributed by atoms with E-state index in [2.05, 4.69) is 15.6 Å². The lowest BCUT2D eigenvalue weighted by Crippen LogP contribution is -2.49. The van der Waals surface area contributed by atoms with Crippen molar-refractivity contribution < 1.29 is 18.0 Å². The van der Waals surface area contributed by atoms with E-state index in [9.17, 15) is 18.0 Å². The van der Waals surface area contributed by atoms with Crippen LogP contribution in [-0.2, 0) is 4.79 Å². The minimum absolute atomic E-state index is 0.0297. The second-order valence-corrected chi connectivity index (χ2v) is 7.67. The summed E-state index contributed by atoms with van der Waals surface area (Å²) in [4.78, 5) is 17.7. The topological polar surface area (TPSA) is 56.7 Å². The van der Waals surface area contributed by atoms with E-state index in [0.29, 0.717) is 24.8 Å². The third-order valence-corrected chi connectivity index (χ3v) is 5.35. The number of likely N-dealkylation sites (N-methyl/N-ethyl adjacent to an activating group) is 1. The van der Waals surface area contributed by atoms with Crippen molar-refractivity contribution in [3.63, 3.8) is 0 Å². The number of halogens is 3. The van der Waals surface area contributed by atoms with E-state index in [4.69, 9.17) is 0 Å². The van der Waals surface area contributed by atoms with Crippen molar-refractivity contribution in [2.45, 2.75) is 76.0 Å². The lowest BCUT2D eigenvalue weighted by Gasteiger charge is -2.32. The summed E-state index contributed by atoms with van der Waals surface area (Å²) in [6, 6.07) is 0.286. The van der Waals surface area contributed by atoms with Crippen molar-refractivity contribution in [2.75, 3.05) is 20.6 Å². The molecule has 26 heavy (non-hydrogen) atoms. The van der Waals surface area contributed by atoms with Gasteiger partial charge in [-0.25, -0.2) is 4.99 Å². The number of hydrogen-bond acceptors (Lipinski definition) is 2. The molecule has 0 aromatic heterocycles. The molecule has 2 rings (SSSR count). The van der Waals surface area contributed by atoms with Gasteiger partial charge in [0.15, 0.2) is 5.96 Å². The van der Waals surface area contributed by atoms with Crippen LogP contribution < -0.4 is 10.6 Å². The number of aliphatic imine (C=N–C) groups is 1. The van der Waals surface area contributed by atoms with Gasteiger partial charge in [-0.05, 0) is 38.5 Å². The molecule has 2 aliphatic rings. The molecule has 2 saturated carbocycles. The predicted molar refractivity (Wildman–Crippen MR) is 95.9 cm³/mol. The fourth-order valence-corrected chi connectivity index (χ4v) is 3.62. The van der Waals surface area contributed by atoms with E-state index in [1.807, 2.05) is 0 Å².